The highest BCUT2D eigenvalue weighted by molar-refractivity contribution is 6.02. The Balaban J connectivity index is 3.32. The number of hydrogen-bond acceptors (Lipinski definition) is 3. The number of allylic oxidation sites excluding steroid dienone is 3. The van der Waals surface area contributed by atoms with Crippen LogP contribution in [0, 0.1) is 5.41 Å². The van der Waals surface area contributed by atoms with Gasteiger partial charge in [0.05, 0.1) is 6.61 Å². The summed E-state index contributed by atoms with van der Waals surface area (Å²) in [6.07, 6.45) is 3.81. The molecule has 0 spiro atoms. The molecule has 1 N–H and O–H groups in total. The highest BCUT2D eigenvalue weighted by Gasteiger charge is 2.21. The van der Waals surface area contributed by atoms with E-state index in [0.29, 0.717) is 24.2 Å². The zero-order valence-electron chi connectivity index (χ0n) is 18.0. The summed E-state index contributed by atoms with van der Waals surface area (Å²) in [4.78, 5) is 24.9. The minimum atomic E-state index is -0.212. The molecule has 4 nitrogen and oxygen atoms in total. The lowest BCUT2D eigenvalue weighted by molar-refractivity contribution is -0.117. The number of ketones is 1. The summed E-state index contributed by atoms with van der Waals surface area (Å²) in [5, 5.41) is 2.59. The molecule has 0 aliphatic rings. The van der Waals surface area contributed by atoms with Crippen LogP contribution in [0.4, 0.5) is 0 Å². The van der Waals surface area contributed by atoms with Crippen LogP contribution in [0.3, 0.4) is 0 Å². The molecule has 0 saturated carbocycles. The molecule has 1 aromatic carbocycles. The van der Waals surface area contributed by atoms with Gasteiger partial charge in [-0.2, -0.15) is 0 Å². The Bertz CT molecular complexity index is 752. The fourth-order valence-corrected chi connectivity index (χ4v) is 2.85. The Morgan fingerprint density at radius 3 is 2.29 bits per heavy atom. The molecule has 1 aromatic rings. The third kappa shape index (κ3) is 7.65. The van der Waals surface area contributed by atoms with Crippen molar-refractivity contribution in [1.82, 2.24) is 5.32 Å². The molecule has 0 aliphatic heterocycles. The van der Waals surface area contributed by atoms with Crippen LogP contribution in [0.2, 0.25) is 0 Å². The van der Waals surface area contributed by atoms with E-state index in [1.54, 1.807) is 33.2 Å². The number of rotatable bonds is 9. The van der Waals surface area contributed by atoms with E-state index in [1.165, 1.54) is 0 Å². The van der Waals surface area contributed by atoms with Gasteiger partial charge in [-0.15, -0.1) is 0 Å². The van der Waals surface area contributed by atoms with E-state index in [0.717, 1.165) is 11.1 Å². The van der Waals surface area contributed by atoms with E-state index >= 15 is 0 Å². The van der Waals surface area contributed by atoms with Gasteiger partial charge in [0.25, 0.3) is 0 Å². The Labute approximate surface area is 169 Å². The van der Waals surface area contributed by atoms with Crippen LogP contribution in [0.5, 0.6) is 0 Å². The molecule has 28 heavy (non-hydrogen) atoms. The second kappa shape index (κ2) is 10.8. The maximum absolute atomic E-state index is 12.9. The molecule has 0 fully saturated rings. The molecular weight excluding hydrogens is 350 g/mol. The predicted molar refractivity (Wildman–Crippen MR) is 115 cm³/mol. The quantitative estimate of drug-likeness (QED) is 0.501. The highest BCUT2D eigenvalue weighted by atomic mass is 16.5. The Hall–Kier alpha value is -2.46. The number of carbonyl (C=O) groups excluding carboxylic acids is 2. The minimum absolute atomic E-state index is 0.0128. The molecule has 0 bridgehead atoms. The zero-order chi connectivity index (χ0) is 21.3. The first-order chi connectivity index (χ1) is 13.1. The van der Waals surface area contributed by atoms with Crippen molar-refractivity contribution in [2.24, 2.45) is 5.41 Å². The van der Waals surface area contributed by atoms with Crippen molar-refractivity contribution in [1.29, 1.82) is 0 Å². The number of likely N-dealkylation sites (N-methyl/N-ethyl adjacent to an activating group) is 1. The molecule has 0 radical (unpaired) electrons. The van der Waals surface area contributed by atoms with Gasteiger partial charge in [0.1, 0.15) is 0 Å². The van der Waals surface area contributed by atoms with E-state index in [9.17, 15) is 9.59 Å². The maximum Gasteiger partial charge on any atom is 0.246 e. The van der Waals surface area contributed by atoms with Crippen LogP contribution in [0.1, 0.15) is 45.6 Å². The van der Waals surface area contributed by atoms with Gasteiger partial charge < -0.3 is 10.1 Å². The van der Waals surface area contributed by atoms with Crippen LogP contribution >= 0.6 is 0 Å². The summed E-state index contributed by atoms with van der Waals surface area (Å²) in [5.74, 6) is -0.296. The molecule has 1 rings (SSSR count). The number of benzene rings is 1. The average molecular weight is 384 g/mol. The Morgan fingerprint density at radius 1 is 1.18 bits per heavy atom. The van der Waals surface area contributed by atoms with Gasteiger partial charge in [-0.3, -0.25) is 9.59 Å². The lowest BCUT2D eigenvalue weighted by atomic mass is 9.85. The van der Waals surface area contributed by atoms with Crippen molar-refractivity contribution in [3.8, 4) is 0 Å². The molecule has 0 aliphatic carbocycles. The smallest absolute Gasteiger partial charge is 0.246 e. The summed E-state index contributed by atoms with van der Waals surface area (Å²) in [7, 11) is 3.22. The van der Waals surface area contributed by atoms with Gasteiger partial charge in [0, 0.05) is 37.6 Å². The number of ether oxygens (including phenoxy) is 1. The first kappa shape index (κ1) is 23.6. The Kier molecular flexibility index (Phi) is 9.07. The summed E-state index contributed by atoms with van der Waals surface area (Å²) >= 11 is 0. The third-order valence-corrected chi connectivity index (χ3v) is 4.29. The van der Waals surface area contributed by atoms with E-state index in [-0.39, 0.29) is 23.0 Å². The average Bonchev–Trinajstić information content (AvgIpc) is 2.63. The molecule has 1 atom stereocenters. The van der Waals surface area contributed by atoms with Gasteiger partial charge in [-0.1, -0.05) is 57.7 Å². The molecule has 152 valence electrons. The number of nitrogens with one attached hydrogen (secondary N) is 1. The second-order valence-corrected chi connectivity index (χ2v) is 8.16. The van der Waals surface area contributed by atoms with Gasteiger partial charge in [0.15, 0.2) is 5.78 Å². The SMILES string of the molecule is C=C(/C=C(\C=C(/C)C(=O)NC)C(=O)CC(C)(C)C)C(COC)c1ccccc1. The van der Waals surface area contributed by atoms with Gasteiger partial charge in [-0.05, 0) is 35.6 Å². The molecule has 0 aromatic heterocycles. The van der Waals surface area contributed by atoms with Crippen molar-refractivity contribution < 1.29 is 14.3 Å². The molecule has 1 unspecified atom stereocenters. The normalized spacial score (nSPS) is 13.8. The summed E-state index contributed by atoms with van der Waals surface area (Å²) in [6, 6.07) is 9.93. The standard InChI is InChI=1S/C24H33NO3/c1-17(21(16-28-7)19-11-9-8-10-12-19)13-20(14-18(2)23(27)25-6)22(26)15-24(3,4)5/h8-14,21H,1,15-16H2,2-7H3,(H,25,27)/b18-14+,20-13+. The van der Waals surface area contributed by atoms with Crippen molar-refractivity contribution in [2.75, 3.05) is 20.8 Å². The van der Waals surface area contributed by atoms with Crippen LogP contribution in [0.25, 0.3) is 0 Å². The van der Waals surface area contributed by atoms with Crippen LogP contribution < -0.4 is 5.32 Å². The van der Waals surface area contributed by atoms with Gasteiger partial charge in [-0.25, -0.2) is 0 Å². The molecule has 0 saturated heterocycles. The number of hydrogen-bond donors (Lipinski definition) is 1. The van der Waals surface area contributed by atoms with Gasteiger partial charge >= 0.3 is 0 Å². The van der Waals surface area contributed by atoms with E-state index in [1.807, 2.05) is 51.1 Å². The largest absolute Gasteiger partial charge is 0.384 e. The molecule has 0 heterocycles. The summed E-state index contributed by atoms with van der Waals surface area (Å²) in [6.45, 7) is 12.4. The Morgan fingerprint density at radius 2 is 1.79 bits per heavy atom. The first-order valence-electron chi connectivity index (χ1n) is 9.47. The predicted octanol–water partition coefficient (Wildman–Crippen LogP) is 4.60. The van der Waals surface area contributed by atoms with Crippen LogP contribution in [0.15, 0.2) is 65.8 Å². The number of carbonyl (C=O) groups is 2. The number of Topliss-reactive ketones (excluding diaryl/α,β-unsaturated/α-hetero) is 1. The van der Waals surface area contributed by atoms with Crippen molar-refractivity contribution in [3.05, 3.63) is 71.3 Å². The summed E-state index contributed by atoms with van der Waals surface area (Å²) in [5.41, 5.74) is 2.65. The lowest BCUT2D eigenvalue weighted by Crippen LogP contribution is -2.20. The van der Waals surface area contributed by atoms with Crippen molar-refractivity contribution in [3.63, 3.8) is 0 Å². The first-order valence-corrected chi connectivity index (χ1v) is 9.47. The third-order valence-electron chi connectivity index (χ3n) is 4.29. The van der Waals surface area contributed by atoms with Crippen molar-refractivity contribution >= 4 is 11.7 Å². The fourth-order valence-electron chi connectivity index (χ4n) is 2.85. The topological polar surface area (TPSA) is 55.4 Å². The number of methoxy groups -OCH3 is 1. The minimum Gasteiger partial charge on any atom is -0.384 e. The fraction of sp³-hybridized carbons (Fsp3) is 0.417. The molecular formula is C24H33NO3. The monoisotopic (exact) mass is 383 g/mol. The molecule has 4 heteroatoms. The zero-order valence-corrected chi connectivity index (χ0v) is 18.0. The highest BCUT2D eigenvalue weighted by Crippen LogP contribution is 2.28. The second-order valence-electron chi connectivity index (χ2n) is 8.16. The van der Waals surface area contributed by atoms with E-state index < -0.39 is 0 Å². The number of amides is 1. The molecule has 1 amide bonds. The lowest BCUT2D eigenvalue weighted by Gasteiger charge is -2.20. The van der Waals surface area contributed by atoms with E-state index in [2.05, 4.69) is 11.9 Å². The van der Waals surface area contributed by atoms with E-state index in [4.69, 9.17) is 4.74 Å². The van der Waals surface area contributed by atoms with Crippen LogP contribution in [-0.2, 0) is 14.3 Å². The van der Waals surface area contributed by atoms with Crippen molar-refractivity contribution in [2.45, 2.75) is 40.0 Å². The van der Waals surface area contributed by atoms with Crippen LogP contribution in [-0.4, -0.2) is 32.5 Å². The van der Waals surface area contributed by atoms with Gasteiger partial charge in [0.2, 0.25) is 5.91 Å². The summed E-state index contributed by atoms with van der Waals surface area (Å²) < 4.78 is 5.38. The maximum atomic E-state index is 12.9.